The number of hydrogen-bond donors (Lipinski definition) is 1. The van der Waals surface area contributed by atoms with Gasteiger partial charge in [0.1, 0.15) is 5.82 Å². The lowest BCUT2D eigenvalue weighted by molar-refractivity contribution is -0.117. The van der Waals surface area contributed by atoms with Crippen LogP contribution < -0.4 is 10.6 Å². The van der Waals surface area contributed by atoms with E-state index in [-0.39, 0.29) is 11.9 Å². The molecule has 4 nitrogen and oxygen atoms in total. The van der Waals surface area contributed by atoms with E-state index in [1.54, 1.807) is 4.90 Å². The van der Waals surface area contributed by atoms with Crippen molar-refractivity contribution in [1.29, 1.82) is 0 Å². The Labute approximate surface area is 100 Å². The largest absolute Gasteiger partial charge is 0.326 e. The molecular formula is C13H15N3O. The highest BCUT2D eigenvalue weighted by molar-refractivity contribution is 5.95. The van der Waals surface area contributed by atoms with E-state index in [0.717, 1.165) is 11.3 Å². The molecule has 0 bridgehead atoms. The molecule has 2 N–H and O–H groups in total. The monoisotopic (exact) mass is 229 g/mol. The van der Waals surface area contributed by atoms with E-state index in [1.165, 1.54) is 0 Å². The van der Waals surface area contributed by atoms with Crippen LogP contribution >= 0.6 is 0 Å². The highest BCUT2D eigenvalue weighted by atomic mass is 16.2. The van der Waals surface area contributed by atoms with Gasteiger partial charge in [0.25, 0.3) is 0 Å². The van der Waals surface area contributed by atoms with Gasteiger partial charge in [-0.3, -0.25) is 9.69 Å². The lowest BCUT2D eigenvalue weighted by Crippen LogP contribution is -2.28. The maximum atomic E-state index is 11.7. The molecule has 88 valence electrons. The maximum absolute atomic E-state index is 11.7. The van der Waals surface area contributed by atoms with Gasteiger partial charge in [-0.05, 0) is 19.1 Å². The van der Waals surface area contributed by atoms with Crippen molar-refractivity contribution in [1.82, 2.24) is 4.98 Å². The van der Waals surface area contributed by atoms with Gasteiger partial charge in [0, 0.05) is 24.6 Å². The zero-order chi connectivity index (χ0) is 12.4. The maximum Gasteiger partial charge on any atom is 0.229 e. The summed E-state index contributed by atoms with van der Waals surface area (Å²) in [7, 11) is 0. The van der Waals surface area contributed by atoms with Crippen LogP contribution in [0.1, 0.15) is 19.0 Å². The molecule has 1 amide bonds. The highest BCUT2D eigenvalue weighted by Gasteiger charge is 2.28. The van der Waals surface area contributed by atoms with E-state index in [0.29, 0.717) is 18.8 Å². The molecule has 1 fully saturated rings. The van der Waals surface area contributed by atoms with Gasteiger partial charge in [0.05, 0.1) is 5.69 Å². The fraction of sp³-hybridized carbons (Fsp3) is 0.308. The van der Waals surface area contributed by atoms with Crippen LogP contribution in [-0.4, -0.2) is 23.5 Å². The third-order valence-electron chi connectivity index (χ3n) is 2.82. The number of hydrogen-bond acceptors (Lipinski definition) is 3. The fourth-order valence-corrected chi connectivity index (χ4v) is 1.83. The van der Waals surface area contributed by atoms with Gasteiger partial charge in [0.2, 0.25) is 5.91 Å². The van der Waals surface area contributed by atoms with Crippen molar-refractivity contribution in [3.63, 3.8) is 0 Å². The first kappa shape index (κ1) is 11.6. The van der Waals surface area contributed by atoms with Gasteiger partial charge in [-0.2, -0.15) is 0 Å². The minimum absolute atomic E-state index is 0.0300. The Hall–Kier alpha value is -1.90. The number of pyridine rings is 1. The second-order valence-corrected chi connectivity index (χ2v) is 4.15. The summed E-state index contributed by atoms with van der Waals surface area (Å²) in [5.74, 6) is 0.678. The molecule has 0 radical (unpaired) electrons. The Bertz CT molecular complexity index is 503. The van der Waals surface area contributed by atoms with Gasteiger partial charge >= 0.3 is 0 Å². The first-order valence-corrected chi connectivity index (χ1v) is 5.52. The van der Waals surface area contributed by atoms with E-state index < -0.39 is 0 Å². The Morgan fingerprint density at radius 1 is 1.65 bits per heavy atom. The summed E-state index contributed by atoms with van der Waals surface area (Å²) in [6.45, 7) is 6.01. The SMILES string of the molecule is C=C=C(C)c1cccc(N2C[C@@H](N)CC2=O)n1. The number of anilines is 1. The molecule has 2 rings (SSSR count). The van der Waals surface area contributed by atoms with E-state index in [1.807, 2.05) is 25.1 Å². The Morgan fingerprint density at radius 3 is 3.00 bits per heavy atom. The minimum atomic E-state index is -0.0935. The number of amides is 1. The van der Waals surface area contributed by atoms with Crippen LogP contribution in [0.2, 0.25) is 0 Å². The Balaban J connectivity index is 2.34. The summed E-state index contributed by atoms with van der Waals surface area (Å²) in [6.07, 6.45) is 0.391. The van der Waals surface area contributed by atoms with Gasteiger partial charge in [-0.25, -0.2) is 4.98 Å². The first-order valence-electron chi connectivity index (χ1n) is 5.52. The molecule has 0 spiro atoms. The topological polar surface area (TPSA) is 59.2 Å². The zero-order valence-electron chi connectivity index (χ0n) is 9.81. The van der Waals surface area contributed by atoms with Crippen molar-refractivity contribution in [2.45, 2.75) is 19.4 Å². The number of allylic oxidation sites excluding steroid dienone is 1. The molecule has 1 aromatic heterocycles. The smallest absolute Gasteiger partial charge is 0.229 e. The van der Waals surface area contributed by atoms with Gasteiger partial charge in [-0.15, -0.1) is 5.73 Å². The highest BCUT2D eigenvalue weighted by Crippen LogP contribution is 2.20. The van der Waals surface area contributed by atoms with E-state index in [9.17, 15) is 4.79 Å². The van der Waals surface area contributed by atoms with Crippen LogP contribution in [0, 0.1) is 0 Å². The van der Waals surface area contributed by atoms with Crippen LogP contribution in [-0.2, 0) is 4.79 Å². The molecular weight excluding hydrogens is 214 g/mol. The molecule has 17 heavy (non-hydrogen) atoms. The van der Waals surface area contributed by atoms with Crippen molar-refractivity contribution >= 4 is 17.3 Å². The molecule has 4 heteroatoms. The molecule has 0 saturated carbocycles. The number of carbonyl (C=O) groups excluding carboxylic acids is 1. The molecule has 0 aliphatic carbocycles. The molecule has 2 heterocycles. The van der Waals surface area contributed by atoms with Gasteiger partial charge in [0.15, 0.2) is 0 Å². The van der Waals surface area contributed by atoms with Crippen molar-refractivity contribution < 1.29 is 4.79 Å². The van der Waals surface area contributed by atoms with Crippen molar-refractivity contribution in [3.8, 4) is 0 Å². The summed E-state index contributed by atoms with van der Waals surface area (Å²) in [6, 6.07) is 5.46. The predicted octanol–water partition coefficient (Wildman–Crippen LogP) is 1.33. The number of aromatic nitrogens is 1. The van der Waals surface area contributed by atoms with Crippen LogP contribution in [0.5, 0.6) is 0 Å². The molecule has 1 aromatic rings. The van der Waals surface area contributed by atoms with Crippen molar-refractivity contribution in [3.05, 3.63) is 36.2 Å². The number of nitrogens with zero attached hydrogens (tertiary/aromatic N) is 2. The number of carbonyl (C=O) groups is 1. The lowest BCUT2D eigenvalue weighted by atomic mass is 10.2. The van der Waals surface area contributed by atoms with E-state index >= 15 is 0 Å². The van der Waals surface area contributed by atoms with Crippen LogP contribution in [0.4, 0.5) is 5.82 Å². The van der Waals surface area contributed by atoms with Crippen molar-refractivity contribution in [2.24, 2.45) is 5.73 Å². The van der Waals surface area contributed by atoms with Crippen molar-refractivity contribution in [2.75, 3.05) is 11.4 Å². The second-order valence-electron chi connectivity index (χ2n) is 4.15. The Kier molecular flexibility index (Phi) is 3.09. The lowest BCUT2D eigenvalue weighted by Gasteiger charge is -2.15. The normalized spacial score (nSPS) is 19.3. The number of nitrogens with two attached hydrogens (primary N) is 1. The summed E-state index contributed by atoms with van der Waals surface area (Å²) >= 11 is 0. The quantitative estimate of drug-likeness (QED) is 0.778. The Morgan fingerprint density at radius 2 is 2.41 bits per heavy atom. The van der Waals surface area contributed by atoms with Gasteiger partial charge in [-0.1, -0.05) is 12.6 Å². The molecule has 1 saturated heterocycles. The molecule has 0 aromatic carbocycles. The summed E-state index contributed by atoms with van der Waals surface area (Å²) < 4.78 is 0. The zero-order valence-corrected chi connectivity index (χ0v) is 9.81. The third-order valence-corrected chi connectivity index (χ3v) is 2.82. The minimum Gasteiger partial charge on any atom is -0.326 e. The van der Waals surface area contributed by atoms with Gasteiger partial charge < -0.3 is 5.73 Å². The molecule has 1 atom stereocenters. The standard InChI is InChI=1S/C13H15N3O/c1-3-9(2)11-5-4-6-12(15-11)16-8-10(14)7-13(16)17/h4-6,10H,1,7-8,14H2,2H3/t10-/m0/s1. The summed E-state index contributed by atoms with van der Waals surface area (Å²) in [5, 5.41) is 0. The fourth-order valence-electron chi connectivity index (χ4n) is 1.83. The average molecular weight is 229 g/mol. The first-order chi connectivity index (χ1) is 8.11. The molecule has 1 aliphatic rings. The number of rotatable bonds is 2. The van der Waals surface area contributed by atoms with E-state index in [4.69, 9.17) is 5.73 Å². The van der Waals surface area contributed by atoms with Crippen LogP contribution in [0.15, 0.2) is 30.5 Å². The molecule has 0 unspecified atom stereocenters. The van der Waals surface area contributed by atoms with Crippen LogP contribution in [0.3, 0.4) is 0 Å². The third kappa shape index (κ3) is 2.28. The van der Waals surface area contributed by atoms with E-state index in [2.05, 4.69) is 17.3 Å². The summed E-state index contributed by atoms with van der Waals surface area (Å²) in [4.78, 5) is 17.8. The second kappa shape index (κ2) is 4.53. The average Bonchev–Trinajstić information content (AvgIpc) is 2.67. The van der Waals surface area contributed by atoms with Crippen LogP contribution in [0.25, 0.3) is 5.57 Å². The summed E-state index contributed by atoms with van der Waals surface area (Å²) in [5.41, 5.74) is 10.2. The molecule has 1 aliphatic heterocycles. The predicted molar refractivity (Wildman–Crippen MR) is 67.4 cm³/mol.